The molecular weight excluding hydrogens is 192 g/mol. The lowest BCUT2D eigenvalue weighted by Gasteiger charge is -2.27. The van der Waals surface area contributed by atoms with E-state index < -0.39 is 11.7 Å². The third-order valence-electron chi connectivity index (χ3n) is 3.00. The molecule has 2 N–H and O–H groups in total. The average Bonchev–Trinajstić information content (AvgIpc) is 2.60. The molecule has 4 nitrogen and oxygen atoms in total. The summed E-state index contributed by atoms with van der Waals surface area (Å²) in [4.78, 5) is 4.17. The second-order valence-electron chi connectivity index (χ2n) is 4.22. The van der Waals surface area contributed by atoms with E-state index in [0.717, 1.165) is 5.82 Å². The fourth-order valence-corrected chi connectivity index (χ4v) is 1.45. The molecule has 15 heavy (non-hydrogen) atoms. The number of aryl methyl sites for hydroxylation is 2. The van der Waals surface area contributed by atoms with E-state index in [4.69, 9.17) is 0 Å². The molecule has 0 saturated heterocycles. The maximum Gasteiger partial charge on any atom is 0.108 e. The predicted octanol–water partition coefficient (Wildman–Crippen LogP) is 0.875. The Balaban J connectivity index is 2.48. The molecule has 0 fully saturated rings. The fraction of sp³-hybridized carbons (Fsp3) is 0.727. The van der Waals surface area contributed by atoms with Gasteiger partial charge in [-0.25, -0.2) is 4.98 Å². The lowest BCUT2D eigenvalue weighted by molar-refractivity contribution is -0.0669. The van der Waals surface area contributed by atoms with Crippen LogP contribution in [0, 0.1) is 0 Å². The largest absolute Gasteiger partial charge is 0.390 e. The lowest BCUT2D eigenvalue weighted by Crippen LogP contribution is -2.38. The van der Waals surface area contributed by atoms with Gasteiger partial charge in [0.05, 0.1) is 11.7 Å². The van der Waals surface area contributed by atoms with Gasteiger partial charge in [0.2, 0.25) is 0 Å². The number of aromatic nitrogens is 2. The molecule has 1 aromatic rings. The minimum Gasteiger partial charge on any atom is -0.390 e. The smallest absolute Gasteiger partial charge is 0.108 e. The first-order valence-corrected chi connectivity index (χ1v) is 5.34. The van der Waals surface area contributed by atoms with Crippen molar-refractivity contribution < 1.29 is 10.2 Å². The molecule has 1 heterocycles. The molecule has 0 amide bonds. The van der Waals surface area contributed by atoms with E-state index in [9.17, 15) is 10.2 Å². The van der Waals surface area contributed by atoms with Gasteiger partial charge in [0.1, 0.15) is 5.82 Å². The van der Waals surface area contributed by atoms with Gasteiger partial charge in [0.25, 0.3) is 0 Å². The summed E-state index contributed by atoms with van der Waals surface area (Å²) in [7, 11) is 1.92. The third kappa shape index (κ3) is 3.04. The highest BCUT2D eigenvalue weighted by Crippen LogP contribution is 2.18. The van der Waals surface area contributed by atoms with Crippen LogP contribution in [0.2, 0.25) is 0 Å². The van der Waals surface area contributed by atoms with Crippen molar-refractivity contribution in [2.24, 2.45) is 7.05 Å². The third-order valence-corrected chi connectivity index (χ3v) is 3.00. The number of hydrogen-bond acceptors (Lipinski definition) is 3. The minimum absolute atomic E-state index is 0.533. The van der Waals surface area contributed by atoms with Crippen molar-refractivity contribution in [3.05, 3.63) is 18.2 Å². The Morgan fingerprint density at radius 3 is 2.73 bits per heavy atom. The van der Waals surface area contributed by atoms with Gasteiger partial charge in [-0.2, -0.15) is 0 Å². The van der Waals surface area contributed by atoms with E-state index in [1.807, 2.05) is 24.7 Å². The highest BCUT2D eigenvalue weighted by molar-refractivity contribution is 4.93. The Morgan fingerprint density at radius 1 is 1.60 bits per heavy atom. The second kappa shape index (κ2) is 4.77. The molecule has 0 aliphatic carbocycles. The van der Waals surface area contributed by atoms with Crippen LogP contribution in [-0.2, 0) is 13.5 Å². The van der Waals surface area contributed by atoms with Crippen LogP contribution in [0.15, 0.2) is 12.4 Å². The topological polar surface area (TPSA) is 58.3 Å². The summed E-state index contributed by atoms with van der Waals surface area (Å²) in [5.74, 6) is 0.931. The van der Waals surface area contributed by atoms with Crippen LogP contribution in [0.3, 0.4) is 0 Å². The maximum atomic E-state index is 9.81. The molecule has 4 heteroatoms. The molecule has 0 bridgehead atoms. The van der Waals surface area contributed by atoms with Crippen LogP contribution in [0.5, 0.6) is 0 Å². The molecule has 0 spiro atoms. The van der Waals surface area contributed by atoms with Gasteiger partial charge in [-0.15, -0.1) is 0 Å². The molecule has 0 aliphatic heterocycles. The van der Waals surface area contributed by atoms with Gasteiger partial charge in [0.15, 0.2) is 0 Å². The van der Waals surface area contributed by atoms with Crippen LogP contribution < -0.4 is 0 Å². The molecule has 0 radical (unpaired) electrons. The average molecular weight is 212 g/mol. The van der Waals surface area contributed by atoms with Crippen LogP contribution in [0.1, 0.15) is 32.5 Å². The number of aliphatic hydroxyl groups is 2. The summed E-state index contributed by atoms with van der Waals surface area (Å²) in [6.07, 6.45) is 4.68. The van der Waals surface area contributed by atoms with Gasteiger partial charge >= 0.3 is 0 Å². The monoisotopic (exact) mass is 212 g/mol. The number of rotatable bonds is 5. The first-order chi connectivity index (χ1) is 6.97. The SMILES string of the molecule is CCC(C)(O)C(O)CCc1nccn1C. The van der Waals surface area contributed by atoms with Gasteiger partial charge in [-0.05, 0) is 19.8 Å². The summed E-state index contributed by atoms with van der Waals surface area (Å²) in [5.41, 5.74) is -0.995. The zero-order chi connectivity index (χ0) is 11.5. The van der Waals surface area contributed by atoms with E-state index in [1.165, 1.54) is 0 Å². The van der Waals surface area contributed by atoms with Gasteiger partial charge in [-0.3, -0.25) is 0 Å². The molecule has 0 aliphatic rings. The van der Waals surface area contributed by atoms with E-state index in [2.05, 4.69) is 4.98 Å². The Hall–Kier alpha value is -0.870. The maximum absolute atomic E-state index is 9.81. The van der Waals surface area contributed by atoms with Crippen LogP contribution >= 0.6 is 0 Å². The van der Waals surface area contributed by atoms with E-state index in [1.54, 1.807) is 13.1 Å². The molecule has 2 unspecified atom stereocenters. The quantitative estimate of drug-likeness (QED) is 0.761. The normalized spacial score (nSPS) is 17.4. The Labute approximate surface area is 90.6 Å². The highest BCUT2D eigenvalue weighted by Gasteiger charge is 2.27. The summed E-state index contributed by atoms with van der Waals surface area (Å²) >= 11 is 0. The van der Waals surface area contributed by atoms with Crippen molar-refractivity contribution in [3.63, 3.8) is 0 Å². The molecular formula is C11H20N2O2. The van der Waals surface area contributed by atoms with Gasteiger partial charge in [-0.1, -0.05) is 6.92 Å². The zero-order valence-corrected chi connectivity index (χ0v) is 9.64. The zero-order valence-electron chi connectivity index (χ0n) is 9.64. The fourth-order valence-electron chi connectivity index (χ4n) is 1.45. The van der Waals surface area contributed by atoms with E-state index >= 15 is 0 Å². The number of aliphatic hydroxyl groups excluding tert-OH is 1. The highest BCUT2D eigenvalue weighted by atomic mass is 16.3. The van der Waals surface area contributed by atoms with Gasteiger partial charge in [0, 0.05) is 25.9 Å². The molecule has 0 aromatic carbocycles. The minimum atomic E-state index is -0.995. The van der Waals surface area contributed by atoms with E-state index in [0.29, 0.717) is 19.3 Å². The summed E-state index contributed by atoms with van der Waals surface area (Å²) in [6, 6.07) is 0. The summed E-state index contributed by atoms with van der Waals surface area (Å²) < 4.78 is 1.92. The summed E-state index contributed by atoms with van der Waals surface area (Å²) in [5, 5.41) is 19.6. The van der Waals surface area contributed by atoms with Crippen LogP contribution in [-0.4, -0.2) is 31.5 Å². The molecule has 2 atom stereocenters. The van der Waals surface area contributed by atoms with Crippen molar-refractivity contribution in [2.45, 2.75) is 44.8 Å². The molecule has 1 aromatic heterocycles. The van der Waals surface area contributed by atoms with Crippen LogP contribution in [0.25, 0.3) is 0 Å². The number of imidazole rings is 1. The predicted molar refractivity (Wildman–Crippen MR) is 58.5 cm³/mol. The van der Waals surface area contributed by atoms with Crippen LogP contribution in [0.4, 0.5) is 0 Å². The standard InChI is InChI=1S/C11H20N2O2/c1-4-11(2,15)9(14)5-6-10-12-7-8-13(10)3/h7-9,14-15H,4-6H2,1-3H3. The number of hydrogen-bond donors (Lipinski definition) is 2. The van der Waals surface area contributed by atoms with Crippen molar-refractivity contribution in [1.82, 2.24) is 9.55 Å². The first-order valence-electron chi connectivity index (χ1n) is 5.34. The first kappa shape index (κ1) is 12.2. The molecule has 86 valence electrons. The number of nitrogens with zero attached hydrogens (tertiary/aromatic N) is 2. The Morgan fingerprint density at radius 2 is 2.27 bits per heavy atom. The second-order valence-corrected chi connectivity index (χ2v) is 4.22. The van der Waals surface area contributed by atoms with Crippen molar-refractivity contribution >= 4 is 0 Å². The van der Waals surface area contributed by atoms with Crippen molar-refractivity contribution in [1.29, 1.82) is 0 Å². The lowest BCUT2D eigenvalue weighted by atomic mass is 9.93. The Bertz CT molecular complexity index is 307. The van der Waals surface area contributed by atoms with Crippen molar-refractivity contribution in [2.75, 3.05) is 0 Å². The van der Waals surface area contributed by atoms with Crippen molar-refractivity contribution in [3.8, 4) is 0 Å². The Kier molecular flexibility index (Phi) is 3.88. The summed E-state index contributed by atoms with van der Waals surface area (Å²) in [6.45, 7) is 3.53. The van der Waals surface area contributed by atoms with Gasteiger partial charge < -0.3 is 14.8 Å². The van der Waals surface area contributed by atoms with E-state index in [-0.39, 0.29) is 0 Å². The molecule has 0 saturated carbocycles. The molecule has 1 rings (SSSR count).